The van der Waals surface area contributed by atoms with Gasteiger partial charge in [0.05, 0.1) is 17.6 Å². The molecule has 21 heavy (non-hydrogen) atoms. The molecule has 0 fully saturated rings. The largest absolute Gasteiger partial charge is 0.508 e. The van der Waals surface area contributed by atoms with Crippen LogP contribution in [-0.4, -0.2) is 28.2 Å². The number of benzene rings is 1. The number of phenols is 1. The Labute approximate surface area is 125 Å². The number of nitrogens with two attached hydrogens (primary N) is 1. The van der Waals surface area contributed by atoms with E-state index in [1.807, 2.05) is 12.1 Å². The molecule has 0 amide bonds. The molecule has 0 aliphatic heterocycles. The Bertz CT molecular complexity index is 599. The van der Waals surface area contributed by atoms with Crippen LogP contribution in [0.15, 0.2) is 30.5 Å². The topological polar surface area (TPSA) is 84.1 Å². The van der Waals surface area contributed by atoms with Gasteiger partial charge < -0.3 is 16.2 Å². The number of aromatic hydroxyl groups is 1. The van der Waals surface area contributed by atoms with Crippen LogP contribution in [0.25, 0.3) is 11.3 Å². The second kappa shape index (κ2) is 7.04. The Hall–Kier alpha value is -2.14. The number of nitrogens with zero attached hydrogens (tertiary/aromatic N) is 2. The molecule has 5 heteroatoms. The Morgan fingerprint density at radius 2 is 2.14 bits per heavy atom. The van der Waals surface area contributed by atoms with Gasteiger partial charge in [0, 0.05) is 18.0 Å². The van der Waals surface area contributed by atoms with Crippen LogP contribution in [0.4, 0.5) is 5.69 Å². The molecule has 0 unspecified atom stereocenters. The van der Waals surface area contributed by atoms with E-state index in [-0.39, 0.29) is 11.7 Å². The van der Waals surface area contributed by atoms with Gasteiger partial charge in [-0.15, -0.1) is 0 Å². The Morgan fingerprint density at radius 1 is 1.33 bits per heavy atom. The van der Waals surface area contributed by atoms with Gasteiger partial charge in [-0.1, -0.05) is 26.0 Å². The van der Waals surface area contributed by atoms with Gasteiger partial charge in [0.15, 0.2) is 0 Å². The predicted octanol–water partition coefficient (Wildman–Crippen LogP) is 2.73. The maximum atomic E-state index is 9.68. The fraction of sp³-hybridized carbons (Fsp3) is 0.375. The first-order valence-electron chi connectivity index (χ1n) is 7.22. The van der Waals surface area contributed by atoms with Gasteiger partial charge in [-0.05, 0) is 25.1 Å². The van der Waals surface area contributed by atoms with E-state index >= 15 is 0 Å². The highest BCUT2D eigenvalue weighted by molar-refractivity contribution is 5.74. The van der Waals surface area contributed by atoms with Crippen molar-refractivity contribution in [2.75, 3.05) is 18.4 Å². The zero-order valence-electron chi connectivity index (χ0n) is 12.5. The van der Waals surface area contributed by atoms with Crippen molar-refractivity contribution in [1.29, 1.82) is 0 Å². The minimum Gasteiger partial charge on any atom is -0.508 e. The van der Waals surface area contributed by atoms with Crippen LogP contribution >= 0.6 is 0 Å². The van der Waals surface area contributed by atoms with Gasteiger partial charge in [-0.25, -0.2) is 9.97 Å². The highest BCUT2D eigenvalue weighted by Crippen LogP contribution is 2.29. The minimum absolute atomic E-state index is 0.227. The van der Waals surface area contributed by atoms with Crippen LogP contribution in [0.5, 0.6) is 5.75 Å². The van der Waals surface area contributed by atoms with E-state index in [2.05, 4.69) is 29.1 Å². The lowest BCUT2D eigenvalue weighted by atomic mass is 10.1. The third-order valence-electron chi connectivity index (χ3n) is 3.14. The molecule has 2 rings (SSSR count). The summed E-state index contributed by atoms with van der Waals surface area (Å²) in [4.78, 5) is 9.04. The van der Waals surface area contributed by atoms with Crippen molar-refractivity contribution >= 4 is 5.69 Å². The summed E-state index contributed by atoms with van der Waals surface area (Å²) in [5.41, 5.74) is 8.06. The van der Waals surface area contributed by atoms with Gasteiger partial charge in [0.1, 0.15) is 11.6 Å². The van der Waals surface area contributed by atoms with Gasteiger partial charge in [-0.3, -0.25) is 0 Å². The van der Waals surface area contributed by atoms with Crippen LogP contribution in [0.2, 0.25) is 0 Å². The Kier molecular flexibility index (Phi) is 5.11. The Morgan fingerprint density at radius 3 is 2.81 bits per heavy atom. The van der Waals surface area contributed by atoms with Crippen LogP contribution in [-0.2, 0) is 0 Å². The number of rotatable bonds is 6. The second-order valence-corrected chi connectivity index (χ2v) is 5.26. The summed E-state index contributed by atoms with van der Waals surface area (Å²) in [5.74, 6) is 1.27. The van der Waals surface area contributed by atoms with E-state index < -0.39 is 0 Å². The van der Waals surface area contributed by atoms with E-state index in [1.165, 1.54) is 0 Å². The number of hydrogen-bond donors (Lipinski definition) is 3. The Balaban J connectivity index is 2.40. The molecular weight excluding hydrogens is 264 g/mol. The van der Waals surface area contributed by atoms with Crippen LogP contribution in [0, 0.1) is 0 Å². The van der Waals surface area contributed by atoms with E-state index in [0.717, 1.165) is 35.7 Å². The lowest BCUT2D eigenvalue weighted by Crippen LogP contribution is -2.11. The van der Waals surface area contributed by atoms with Gasteiger partial charge in [0.2, 0.25) is 0 Å². The van der Waals surface area contributed by atoms with Crippen molar-refractivity contribution < 1.29 is 5.11 Å². The molecule has 0 aliphatic rings. The lowest BCUT2D eigenvalue weighted by molar-refractivity contribution is 0.475. The summed E-state index contributed by atoms with van der Waals surface area (Å²) in [7, 11) is 0. The zero-order valence-corrected chi connectivity index (χ0v) is 12.5. The molecule has 0 spiro atoms. The van der Waals surface area contributed by atoms with E-state index in [0.29, 0.717) is 6.54 Å². The highest BCUT2D eigenvalue weighted by Gasteiger charge is 2.12. The van der Waals surface area contributed by atoms with Gasteiger partial charge in [-0.2, -0.15) is 0 Å². The summed E-state index contributed by atoms with van der Waals surface area (Å²) in [6.45, 7) is 5.53. The summed E-state index contributed by atoms with van der Waals surface area (Å²) in [6, 6.07) is 7.10. The quantitative estimate of drug-likeness (QED) is 0.711. The zero-order chi connectivity index (χ0) is 15.2. The molecular formula is C16H22N4O. The van der Waals surface area contributed by atoms with Gasteiger partial charge in [0.25, 0.3) is 0 Å². The van der Waals surface area contributed by atoms with E-state index in [4.69, 9.17) is 5.73 Å². The number of nitrogens with one attached hydrogen (secondary N) is 1. The van der Waals surface area contributed by atoms with Crippen molar-refractivity contribution in [3.63, 3.8) is 0 Å². The van der Waals surface area contributed by atoms with E-state index in [1.54, 1.807) is 18.3 Å². The molecule has 1 aromatic carbocycles. The lowest BCUT2D eigenvalue weighted by Gasteiger charge is -2.13. The second-order valence-electron chi connectivity index (χ2n) is 5.26. The third kappa shape index (κ3) is 3.92. The molecule has 0 radical (unpaired) electrons. The highest BCUT2D eigenvalue weighted by atomic mass is 16.3. The fourth-order valence-electron chi connectivity index (χ4n) is 2.00. The standard InChI is InChI=1S/C16H22N4O/c1-11(2)16-19-10-14(18-8-4-7-17)15(20-16)12-5-3-6-13(21)9-12/h3,5-6,9-11,18,21H,4,7-8,17H2,1-2H3. The van der Waals surface area contributed by atoms with Crippen molar-refractivity contribution in [2.45, 2.75) is 26.2 Å². The number of anilines is 1. The van der Waals surface area contributed by atoms with Crippen LogP contribution in [0.3, 0.4) is 0 Å². The summed E-state index contributed by atoms with van der Waals surface area (Å²) >= 11 is 0. The van der Waals surface area contributed by atoms with Crippen molar-refractivity contribution in [3.05, 3.63) is 36.3 Å². The number of aromatic nitrogens is 2. The molecule has 1 aromatic heterocycles. The number of hydrogen-bond acceptors (Lipinski definition) is 5. The molecule has 0 saturated carbocycles. The average Bonchev–Trinajstić information content (AvgIpc) is 2.47. The first-order valence-corrected chi connectivity index (χ1v) is 7.22. The fourth-order valence-corrected chi connectivity index (χ4v) is 2.00. The molecule has 0 aliphatic carbocycles. The molecule has 1 heterocycles. The molecule has 0 atom stereocenters. The monoisotopic (exact) mass is 286 g/mol. The minimum atomic E-state index is 0.227. The number of phenolic OH excluding ortho intramolecular Hbond substituents is 1. The summed E-state index contributed by atoms with van der Waals surface area (Å²) in [6.07, 6.45) is 2.68. The predicted molar refractivity (Wildman–Crippen MR) is 85.4 cm³/mol. The molecule has 2 aromatic rings. The van der Waals surface area contributed by atoms with Crippen LogP contribution in [0.1, 0.15) is 32.0 Å². The normalized spacial score (nSPS) is 10.9. The summed E-state index contributed by atoms with van der Waals surface area (Å²) in [5, 5.41) is 13.0. The molecule has 0 saturated heterocycles. The summed E-state index contributed by atoms with van der Waals surface area (Å²) < 4.78 is 0. The van der Waals surface area contributed by atoms with Crippen molar-refractivity contribution in [2.24, 2.45) is 5.73 Å². The molecule has 0 bridgehead atoms. The third-order valence-corrected chi connectivity index (χ3v) is 3.14. The SMILES string of the molecule is CC(C)c1ncc(NCCCN)c(-c2cccc(O)c2)n1. The van der Waals surface area contributed by atoms with Crippen molar-refractivity contribution in [1.82, 2.24) is 9.97 Å². The maximum Gasteiger partial charge on any atom is 0.131 e. The first-order chi connectivity index (χ1) is 10.1. The van der Waals surface area contributed by atoms with Crippen LogP contribution < -0.4 is 11.1 Å². The smallest absolute Gasteiger partial charge is 0.131 e. The molecule has 112 valence electrons. The van der Waals surface area contributed by atoms with Gasteiger partial charge >= 0.3 is 0 Å². The average molecular weight is 286 g/mol. The molecule has 5 nitrogen and oxygen atoms in total. The van der Waals surface area contributed by atoms with Crippen molar-refractivity contribution in [3.8, 4) is 17.0 Å². The van der Waals surface area contributed by atoms with E-state index in [9.17, 15) is 5.11 Å². The molecule has 4 N–H and O–H groups in total. The first kappa shape index (κ1) is 15.3. The maximum absolute atomic E-state index is 9.68.